The average Bonchev–Trinajstić information content (AvgIpc) is 1.82. The smallest absolute Gasteiger partial charge is 0.355 e. The summed E-state index contributed by atoms with van der Waals surface area (Å²) in [5.41, 5.74) is 14.8. The van der Waals surface area contributed by atoms with Gasteiger partial charge in [0.05, 0.1) is 43.1 Å². The molecule has 10 heterocycles. The standard InChI is InChI=1S/C33H42IN4O8.C26H33IN4O6/c1-5-16-43-33(42)30-24(21(3)29-27(31(40)36(29)30)22(4)32(41)46-45-17-6-2)20-44-25-9-7-8-23(28(25)34)18-37-10-13-38(14-11-37,15-12-37)19-26(35)39;1-15-18(24(26(35)36)29-23(15)21(16(2)32)25(29)34)14-37-19-5-3-4-17(22(19)27)12-30-6-9-31(10-7-30,11-8-30)13-20(28)33/h5-9,21-22,27,29H,1-2,10-20H2,3-4H3,(H-,35,39);3-5,15-16,21,23,32H,6-14H2,1-2H3,(H-2,28,33,35,36)/q+1;/p+3/t21-,22?,27?,29?,37?,38?;15-,16?,21?,23?,30?,31?/m00/s1. The number of carbonyl (C=O) groups is 7. The molecule has 8 fully saturated rings. The molecule has 4 bridgehead atoms. The summed E-state index contributed by atoms with van der Waals surface area (Å²) in [6.45, 7) is 28.6. The van der Waals surface area contributed by atoms with Crippen LogP contribution in [0.25, 0.3) is 0 Å². The molecule has 8 atom stereocenters. The van der Waals surface area contributed by atoms with Gasteiger partial charge >= 0.3 is 17.9 Å². The van der Waals surface area contributed by atoms with Gasteiger partial charge in [0.25, 0.3) is 11.8 Å². The third-order valence-electron chi connectivity index (χ3n) is 19.2. The third kappa shape index (κ3) is 12.1. The molecule has 0 aromatic heterocycles. The number of aliphatic hydroxyl groups is 1. The molecule has 2 aromatic rings. The maximum absolute atomic E-state index is 13.4. The normalized spacial score (nSPS) is 30.7. The van der Waals surface area contributed by atoms with E-state index < -0.39 is 47.8 Å². The molecule has 83 heavy (non-hydrogen) atoms. The molecule has 2 aromatic carbocycles. The van der Waals surface area contributed by atoms with Gasteiger partial charge in [-0.15, -0.1) is 6.58 Å². The number of hydrogen-bond donors (Lipinski definition) is 4. The number of amides is 4. The summed E-state index contributed by atoms with van der Waals surface area (Å²) < 4.78 is 23.6. The van der Waals surface area contributed by atoms with Crippen LogP contribution in [-0.2, 0) is 61.2 Å². The van der Waals surface area contributed by atoms with Crippen molar-refractivity contribution in [3.05, 3.63) is 103 Å². The zero-order valence-electron chi connectivity index (χ0n) is 47.7. The van der Waals surface area contributed by atoms with Crippen LogP contribution in [0.5, 0.6) is 11.5 Å². The molecule has 24 heteroatoms. The first-order chi connectivity index (χ1) is 39.4. The molecule has 0 spiro atoms. The summed E-state index contributed by atoms with van der Waals surface area (Å²) >= 11 is 4.63. The van der Waals surface area contributed by atoms with Gasteiger partial charge in [-0.3, -0.25) is 24.1 Å². The number of carboxylic acid groups (broad SMARTS) is 1. The number of carboxylic acids is 1. The molecule has 22 nitrogen and oxygen atoms in total. The van der Waals surface area contributed by atoms with E-state index in [0.29, 0.717) is 35.7 Å². The first-order valence-electron chi connectivity index (χ1n) is 28.5. The Morgan fingerprint density at radius 1 is 0.663 bits per heavy atom. The highest BCUT2D eigenvalue weighted by Crippen LogP contribution is 2.50. The minimum atomic E-state index is -1.15. The van der Waals surface area contributed by atoms with Gasteiger partial charge in [0.15, 0.2) is 13.1 Å². The predicted molar refractivity (Wildman–Crippen MR) is 317 cm³/mol. The maximum Gasteiger partial charge on any atom is 0.355 e. The number of nitrogens with two attached hydrogens (primary N) is 2. The van der Waals surface area contributed by atoms with Gasteiger partial charge in [-0.05, 0) is 64.2 Å². The topological polar surface area (TPSA) is 265 Å². The molecule has 0 radical (unpaired) electrons. The van der Waals surface area contributed by atoms with Crippen LogP contribution in [0.1, 0.15) is 38.8 Å². The van der Waals surface area contributed by atoms with E-state index in [-0.39, 0.29) is 79.3 Å². The number of carbonyl (C=O) groups excluding carboxylic acids is 6. The quantitative estimate of drug-likeness (QED) is 0.0172. The van der Waals surface area contributed by atoms with Gasteiger partial charge in [-0.2, -0.15) is 4.89 Å². The zero-order valence-corrected chi connectivity index (χ0v) is 52.0. The first-order valence-corrected chi connectivity index (χ1v) is 30.6. The molecule has 6 N–H and O–H groups in total. The van der Waals surface area contributed by atoms with E-state index in [1.165, 1.54) is 33.1 Å². The average molecular weight is 1380 g/mol. The number of aliphatic carboxylic acids is 1. The summed E-state index contributed by atoms with van der Waals surface area (Å²) in [6.07, 6.45) is 2.08. The Kier molecular flexibility index (Phi) is 18.6. The molecule has 12 rings (SSSR count). The molecule has 6 unspecified atom stereocenters. The number of halogens is 2. The van der Waals surface area contributed by atoms with Crippen LogP contribution in [-0.4, -0.2) is 216 Å². The Bertz CT molecular complexity index is 2990. The summed E-state index contributed by atoms with van der Waals surface area (Å²) in [7, 11) is 0. The molecule has 8 saturated heterocycles. The summed E-state index contributed by atoms with van der Waals surface area (Å²) in [5, 5.41) is 19.9. The number of aliphatic hydroxyl groups excluding tert-OH is 1. The number of rotatable bonds is 24. The Morgan fingerprint density at radius 3 is 1.49 bits per heavy atom. The second-order valence-electron chi connectivity index (χ2n) is 24.1. The Hall–Kier alpha value is -5.49. The van der Waals surface area contributed by atoms with E-state index in [2.05, 4.69) is 70.5 Å². The Balaban J connectivity index is 0.000000204. The molecule has 10 aliphatic rings. The molecular formula is C59H78I2N8O14+4. The molecule has 0 saturated carbocycles. The second-order valence-corrected chi connectivity index (χ2v) is 26.3. The largest absolute Gasteiger partial charge is 0.488 e. The van der Waals surface area contributed by atoms with Gasteiger partial charge in [0, 0.05) is 34.1 Å². The summed E-state index contributed by atoms with van der Waals surface area (Å²) in [4.78, 5) is 99.7. The van der Waals surface area contributed by atoms with Crippen LogP contribution in [0, 0.1) is 36.7 Å². The number of β-lactam (4-membered cyclic amide) rings is 2. The van der Waals surface area contributed by atoms with Gasteiger partial charge < -0.3 is 63.6 Å². The highest BCUT2D eigenvalue weighted by Gasteiger charge is 2.62. The van der Waals surface area contributed by atoms with Crippen molar-refractivity contribution in [1.82, 2.24) is 9.80 Å². The summed E-state index contributed by atoms with van der Waals surface area (Å²) in [5.74, 6) is -4.78. The van der Waals surface area contributed by atoms with Crippen LogP contribution in [0.15, 0.2) is 84.2 Å². The highest BCUT2D eigenvalue weighted by atomic mass is 127. The van der Waals surface area contributed by atoms with Crippen molar-refractivity contribution < 1.29 is 85.7 Å². The number of quaternary nitrogens is 4. The number of nitrogens with zero attached hydrogens (tertiary/aromatic N) is 6. The van der Waals surface area contributed by atoms with Gasteiger partial charge in [-0.1, -0.05) is 63.8 Å². The Morgan fingerprint density at radius 2 is 1.07 bits per heavy atom. The third-order valence-corrected chi connectivity index (χ3v) is 21.7. The lowest BCUT2D eigenvalue weighted by Crippen LogP contribution is -2.75. The molecule has 10 aliphatic heterocycles. The van der Waals surface area contributed by atoms with E-state index >= 15 is 0 Å². The van der Waals surface area contributed by atoms with Crippen molar-refractivity contribution in [3.8, 4) is 11.5 Å². The van der Waals surface area contributed by atoms with E-state index in [0.717, 1.165) is 117 Å². The fourth-order valence-electron chi connectivity index (χ4n) is 14.4. The van der Waals surface area contributed by atoms with Crippen molar-refractivity contribution in [3.63, 3.8) is 0 Å². The van der Waals surface area contributed by atoms with Crippen LogP contribution >= 0.6 is 45.2 Å². The number of ether oxygens (including phenoxy) is 3. The van der Waals surface area contributed by atoms with Crippen LogP contribution in [0.3, 0.4) is 0 Å². The first kappa shape index (κ1) is 62.1. The lowest BCUT2D eigenvalue weighted by molar-refractivity contribution is -1.08. The van der Waals surface area contributed by atoms with E-state index in [1.54, 1.807) is 13.8 Å². The summed E-state index contributed by atoms with van der Waals surface area (Å²) in [6, 6.07) is 11.2. The molecule has 4 amide bonds. The van der Waals surface area contributed by atoms with Crippen molar-refractivity contribution in [2.75, 3.05) is 118 Å². The van der Waals surface area contributed by atoms with E-state index in [9.17, 15) is 43.8 Å². The number of benzene rings is 2. The lowest BCUT2D eigenvalue weighted by atomic mass is 9.74. The SMILES string of the molecule is C=CCOOC(=O)C(C)C1C(=O)N2C(C(=O)OCC=C)=C(COc3cccc(C[N+]45CC[N+](CC(N)=O)(CC4)CC5)c3I)[C@H](C)C12.CC(O)C1C(=O)N2C(C(=O)O)=C(COc3cccc(C[N+]45CC[N+](CC(N)=O)(CC4)CC5)c3I)[C@H](C)C12. The van der Waals surface area contributed by atoms with Crippen molar-refractivity contribution in [2.45, 2.75) is 59.0 Å². The van der Waals surface area contributed by atoms with E-state index in [1.807, 2.05) is 38.1 Å². The molecular weight excluding hydrogens is 1300 g/mol. The van der Waals surface area contributed by atoms with Gasteiger partial charge in [0.2, 0.25) is 11.8 Å². The lowest BCUT2D eigenvalue weighted by Gasteiger charge is -2.55. The zero-order chi connectivity index (χ0) is 59.9. The monoisotopic (exact) mass is 1380 g/mol. The van der Waals surface area contributed by atoms with Crippen molar-refractivity contribution in [1.29, 1.82) is 0 Å². The number of primary amides is 2. The number of hydrogen-bond acceptors (Lipinski definition) is 13. The van der Waals surface area contributed by atoms with E-state index in [4.69, 9.17) is 35.5 Å². The van der Waals surface area contributed by atoms with Crippen LogP contribution in [0.4, 0.5) is 0 Å². The Labute approximate surface area is 511 Å². The van der Waals surface area contributed by atoms with Crippen LogP contribution < -0.4 is 20.9 Å². The van der Waals surface area contributed by atoms with Crippen LogP contribution in [0.2, 0.25) is 0 Å². The van der Waals surface area contributed by atoms with Crippen molar-refractivity contribution in [2.24, 2.45) is 41.1 Å². The fourth-order valence-corrected chi connectivity index (χ4v) is 15.7. The van der Waals surface area contributed by atoms with Crippen molar-refractivity contribution >= 4 is 86.7 Å². The number of piperazine rings is 6. The maximum atomic E-state index is 13.4. The minimum absolute atomic E-state index is 0.00712. The minimum Gasteiger partial charge on any atom is -0.488 e. The molecule has 0 aliphatic carbocycles. The number of fused-ring (bicyclic) bond motifs is 8. The second kappa shape index (κ2) is 24.8. The molecule has 448 valence electrons. The van der Waals surface area contributed by atoms with Gasteiger partial charge in [0.1, 0.15) is 141 Å². The fraction of sp³-hybridized carbons (Fsp3) is 0.542. The predicted octanol–water partition coefficient (Wildman–Crippen LogP) is 2.59. The van der Waals surface area contributed by atoms with Gasteiger partial charge in [-0.25, -0.2) is 14.4 Å². The number of esters is 1. The highest BCUT2D eigenvalue weighted by molar-refractivity contribution is 14.1.